The number of allylic oxidation sites excluding steroid dienone is 1. The zero-order chi connectivity index (χ0) is 34.7. The van der Waals surface area contributed by atoms with Crippen LogP contribution in [0.3, 0.4) is 0 Å². The first-order valence-corrected chi connectivity index (χ1v) is 20.3. The predicted octanol–water partition coefficient (Wildman–Crippen LogP) is 8.01. The van der Waals surface area contributed by atoms with Crippen LogP contribution in [0.5, 0.6) is 5.75 Å². The Morgan fingerprint density at radius 3 is 2.76 bits per heavy atom. The monoisotopic (exact) mass is 714 g/mol. The fraction of sp³-hybridized carbons (Fsp3) is 0.463. The van der Waals surface area contributed by atoms with Gasteiger partial charge in [0.2, 0.25) is 0 Å². The molecule has 1 fully saturated rings. The molecule has 7 nitrogen and oxygen atoms in total. The molecule has 5 atom stereocenters. The molecule has 2 aliphatic carbocycles. The summed E-state index contributed by atoms with van der Waals surface area (Å²) in [5.74, 6) is 0.777. The maximum absolute atomic E-state index is 14.4. The van der Waals surface area contributed by atoms with Crippen molar-refractivity contribution < 1.29 is 23.3 Å². The van der Waals surface area contributed by atoms with Gasteiger partial charge in [-0.2, -0.15) is 4.36 Å². The maximum atomic E-state index is 14.4. The van der Waals surface area contributed by atoms with Crippen molar-refractivity contribution >= 4 is 38.7 Å². The van der Waals surface area contributed by atoms with Crippen molar-refractivity contribution in [2.24, 2.45) is 16.2 Å². The zero-order valence-electron chi connectivity index (χ0n) is 28.9. The molecular weight excluding hydrogens is 668 g/mol. The van der Waals surface area contributed by atoms with Gasteiger partial charge in [0.25, 0.3) is 5.91 Å². The van der Waals surface area contributed by atoms with Crippen LogP contribution in [0.15, 0.2) is 83.2 Å². The summed E-state index contributed by atoms with van der Waals surface area (Å²) in [7, 11) is -1.36. The maximum Gasteiger partial charge on any atom is 0.285 e. The lowest BCUT2D eigenvalue weighted by atomic mass is 9.68. The van der Waals surface area contributed by atoms with Crippen LogP contribution in [0.25, 0.3) is 0 Å². The summed E-state index contributed by atoms with van der Waals surface area (Å²) in [4.78, 5) is 29.5. The van der Waals surface area contributed by atoms with Crippen LogP contribution in [0, 0.1) is 11.8 Å². The van der Waals surface area contributed by atoms with Crippen molar-refractivity contribution in [1.82, 2.24) is 0 Å². The molecule has 1 amide bonds. The number of hydrogen-bond donors (Lipinski definition) is 0. The van der Waals surface area contributed by atoms with E-state index in [0.29, 0.717) is 43.3 Å². The number of aryl methyl sites for hydroxylation is 2. The second-order valence-electron chi connectivity index (χ2n) is 14.6. The van der Waals surface area contributed by atoms with Gasteiger partial charge in [0.15, 0.2) is 0 Å². The van der Waals surface area contributed by atoms with E-state index >= 15 is 0 Å². The number of halogens is 1. The van der Waals surface area contributed by atoms with Gasteiger partial charge in [-0.25, -0.2) is 4.21 Å². The molecular formula is C41H47ClN2O5S. The van der Waals surface area contributed by atoms with E-state index in [9.17, 15) is 13.8 Å². The van der Waals surface area contributed by atoms with Crippen LogP contribution < -0.4 is 9.64 Å². The van der Waals surface area contributed by atoms with E-state index in [1.54, 1.807) is 13.2 Å². The quantitative estimate of drug-likeness (QED) is 0.241. The summed E-state index contributed by atoms with van der Waals surface area (Å²) < 4.78 is 31.4. The van der Waals surface area contributed by atoms with Crippen LogP contribution in [-0.2, 0) is 37.5 Å². The minimum absolute atomic E-state index is 0.0163. The fourth-order valence-electron chi connectivity index (χ4n) is 8.44. The highest BCUT2D eigenvalue weighted by Crippen LogP contribution is 2.47. The second kappa shape index (κ2) is 15.0. The smallest absolute Gasteiger partial charge is 0.285 e. The molecule has 0 saturated heterocycles. The standard InChI is InChI=1S/C41H47ClN2O5S/c1-48-38-12-6-3-7-22-50(47,26-34(45)17-13-29-9-4-2-5-10-29)43-40(46)31-15-20-39-37(24-31)44(25-32-14-18-35(32)38)27-41(28-49-39)21-8-11-30-23-33(42)16-19-36(30)41/h2,4-6,9-10,12,15-16,19-20,23-24,32,35,38H,3,7-8,11,13-14,17-18,21-22,25-28H2,1H3/b12-6+/t32-,35+,38-,41-,50+/m0/s1. The Morgan fingerprint density at radius 2 is 1.96 bits per heavy atom. The predicted molar refractivity (Wildman–Crippen MR) is 200 cm³/mol. The lowest BCUT2D eigenvalue weighted by Gasteiger charge is -2.46. The van der Waals surface area contributed by atoms with Gasteiger partial charge in [-0.05, 0) is 110 Å². The zero-order valence-corrected chi connectivity index (χ0v) is 30.4. The average molecular weight is 715 g/mol. The molecule has 50 heavy (non-hydrogen) atoms. The molecule has 7 rings (SSSR count). The minimum Gasteiger partial charge on any atom is -0.490 e. The number of carbonyl (C=O) groups excluding carboxylic acids is 2. The minimum atomic E-state index is -3.14. The van der Waals surface area contributed by atoms with E-state index in [-0.39, 0.29) is 35.2 Å². The summed E-state index contributed by atoms with van der Waals surface area (Å²) in [6.07, 6.45) is 11.5. The van der Waals surface area contributed by atoms with Crippen molar-refractivity contribution in [2.45, 2.75) is 69.3 Å². The lowest BCUT2D eigenvalue weighted by molar-refractivity contribution is -0.116. The molecule has 0 N–H and O–H groups in total. The number of nitrogens with zero attached hydrogens (tertiary/aromatic N) is 2. The number of fused-ring (bicyclic) bond motifs is 4. The molecule has 3 aromatic carbocycles. The Bertz CT molecular complexity index is 1890. The Balaban J connectivity index is 1.24. The largest absolute Gasteiger partial charge is 0.490 e. The van der Waals surface area contributed by atoms with Crippen LogP contribution in [0.2, 0.25) is 5.02 Å². The van der Waals surface area contributed by atoms with Gasteiger partial charge in [0, 0.05) is 48.4 Å². The van der Waals surface area contributed by atoms with Crippen molar-refractivity contribution in [2.75, 3.05) is 43.2 Å². The third-order valence-corrected chi connectivity index (χ3v) is 13.7. The third kappa shape index (κ3) is 7.58. The fourth-order valence-corrected chi connectivity index (χ4v) is 10.6. The Kier molecular flexibility index (Phi) is 10.5. The lowest BCUT2D eigenvalue weighted by Crippen LogP contribution is -2.49. The number of Topliss-reactive ketones (excluding diaryl/α,β-unsaturated/α-hetero) is 1. The van der Waals surface area contributed by atoms with E-state index < -0.39 is 15.6 Å². The molecule has 2 aliphatic heterocycles. The average Bonchev–Trinajstić information content (AvgIpc) is 3.25. The second-order valence-corrected chi connectivity index (χ2v) is 17.5. The highest BCUT2D eigenvalue weighted by molar-refractivity contribution is 7.94. The van der Waals surface area contributed by atoms with Crippen LogP contribution in [0.4, 0.5) is 5.69 Å². The summed E-state index contributed by atoms with van der Waals surface area (Å²) in [5.41, 5.74) is 4.60. The molecule has 1 saturated carbocycles. The Hall–Kier alpha value is -3.46. The van der Waals surface area contributed by atoms with Gasteiger partial charge in [0.05, 0.1) is 33.9 Å². The normalized spacial score (nSPS) is 28.6. The molecule has 3 aromatic rings. The molecule has 0 radical (unpaired) electrons. The molecule has 9 heteroatoms. The van der Waals surface area contributed by atoms with E-state index in [2.05, 4.69) is 33.5 Å². The first-order chi connectivity index (χ1) is 24.2. The third-order valence-electron chi connectivity index (χ3n) is 11.2. The summed E-state index contributed by atoms with van der Waals surface area (Å²) in [6.45, 7) is 2.08. The molecule has 2 heterocycles. The van der Waals surface area contributed by atoms with Gasteiger partial charge in [-0.1, -0.05) is 60.2 Å². The number of ketones is 1. The van der Waals surface area contributed by atoms with Gasteiger partial charge < -0.3 is 14.4 Å². The summed E-state index contributed by atoms with van der Waals surface area (Å²) in [5, 5.41) is 0.751. The number of rotatable bonds is 6. The van der Waals surface area contributed by atoms with Crippen molar-refractivity contribution in [3.8, 4) is 5.75 Å². The van der Waals surface area contributed by atoms with Crippen molar-refractivity contribution in [3.05, 3.63) is 106 Å². The SMILES string of the molecule is CO[C@H]1/C=C/CCC[S@@](=O)(CC(=O)CCc2ccccc2)=NC(=O)c2ccc3c(c2)N(C[C@@H]2CC[C@H]21)C[C@@]1(CCCc2cc(Cl)ccc21)CO3. The Labute approximate surface area is 301 Å². The number of anilines is 1. The molecule has 4 aliphatic rings. The molecule has 0 unspecified atom stereocenters. The number of ether oxygens (including phenoxy) is 2. The van der Waals surface area contributed by atoms with E-state index in [0.717, 1.165) is 67.2 Å². The molecule has 0 aromatic heterocycles. The van der Waals surface area contributed by atoms with Crippen LogP contribution in [0.1, 0.15) is 72.0 Å². The number of carbonyl (C=O) groups is 2. The van der Waals surface area contributed by atoms with E-state index in [1.807, 2.05) is 48.5 Å². The summed E-state index contributed by atoms with van der Waals surface area (Å²) >= 11 is 6.46. The van der Waals surface area contributed by atoms with Crippen molar-refractivity contribution in [3.63, 3.8) is 0 Å². The van der Waals surface area contributed by atoms with Gasteiger partial charge >= 0.3 is 0 Å². The van der Waals surface area contributed by atoms with E-state index in [1.165, 1.54) is 11.1 Å². The number of methoxy groups -OCH3 is 1. The van der Waals surface area contributed by atoms with Crippen LogP contribution >= 0.6 is 11.6 Å². The van der Waals surface area contributed by atoms with Crippen molar-refractivity contribution in [1.29, 1.82) is 0 Å². The number of benzene rings is 3. The first kappa shape index (κ1) is 35.0. The molecule has 264 valence electrons. The molecule has 2 bridgehead atoms. The number of amides is 1. The van der Waals surface area contributed by atoms with Gasteiger partial charge in [0.1, 0.15) is 11.5 Å². The number of hydrogen-bond acceptors (Lipinski definition) is 6. The molecule has 1 spiro atoms. The van der Waals surface area contributed by atoms with E-state index in [4.69, 9.17) is 21.1 Å². The van der Waals surface area contributed by atoms with Gasteiger partial charge in [-0.3, -0.25) is 9.59 Å². The van der Waals surface area contributed by atoms with Crippen LogP contribution in [-0.4, -0.2) is 60.3 Å². The van der Waals surface area contributed by atoms with Gasteiger partial charge in [-0.15, -0.1) is 0 Å². The highest BCUT2D eigenvalue weighted by Gasteiger charge is 2.44. The Morgan fingerprint density at radius 1 is 1.10 bits per heavy atom. The topological polar surface area (TPSA) is 85.3 Å². The summed E-state index contributed by atoms with van der Waals surface area (Å²) in [6, 6.07) is 21.5. The first-order valence-electron chi connectivity index (χ1n) is 18.1. The highest BCUT2D eigenvalue weighted by atomic mass is 35.5.